The topological polar surface area (TPSA) is 87.0 Å². The third-order valence-electron chi connectivity index (χ3n) is 3.60. The zero-order chi connectivity index (χ0) is 12.7. The largest absolute Gasteiger partial charge is 0.453 e. The normalized spacial score (nSPS) is 40.3. The van der Waals surface area contributed by atoms with Gasteiger partial charge in [-0.2, -0.15) is 0 Å². The summed E-state index contributed by atoms with van der Waals surface area (Å²) < 4.78 is 5.02. The third kappa shape index (κ3) is 1.83. The number of esters is 1. The number of hydrogen-bond donors (Lipinski definition) is 3. The number of rotatable bonds is 3. The van der Waals surface area contributed by atoms with Crippen molar-refractivity contribution in [2.24, 2.45) is 5.92 Å². The summed E-state index contributed by atoms with van der Waals surface area (Å²) in [5.41, 5.74) is -2.85. The van der Waals surface area contributed by atoms with Gasteiger partial charge in [0.05, 0.1) is 11.5 Å². The number of aliphatic hydroxyl groups is 3. The molecule has 0 aromatic carbocycles. The lowest BCUT2D eigenvalue weighted by Gasteiger charge is -2.39. The number of carbonyl (C=O) groups excluding carboxylic acids is 1. The van der Waals surface area contributed by atoms with Crippen LogP contribution in [-0.4, -0.2) is 44.7 Å². The van der Waals surface area contributed by atoms with Crippen molar-refractivity contribution in [3.8, 4) is 0 Å². The molecule has 0 amide bonds. The summed E-state index contributed by atoms with van der Waals surface area (Å²) in [6.45, 7) is 6.13. The van der Waals surface area contributed by atoms with Gasteiger partial charge in [0.15, 0.2) is 5.60 Å². The molecule has 3 N–H and O–H groups in total. The Balaban J connectivity index is 2.99. The van der Waals surface area contributed by atoms with E-state index in [4.69, 9.17) is 4.74 Å². The van der Waals surface area contributed by atoms with E-state index in [0.29, 0.717) is 6.42 Å². The van der Waals surface area contributed by atoms with Crippen LogP contribution in [0.3, 0.4) is 0 Å². The molecule has 0 radical (unpaired) electrons. The quantitative estimate of drug-likeness (QED) is 0.588. The Morgan fingerprint density at radius 2 is 2.12 bits per heavy atom. The predicted molar refractivity (Wildman–Crippen MR) is 56.6 cm³/mol. The maximum Gasteiger partial charge on any atom is 0.312 e. The van der Waals surface area contributed by atoms with Crippen molar-refractivity contribution in [1.29, 1.82) is 0 Å². The van der Waals surface area contributed by atoms with Crippen LogP contribution in [0, 0.1) is 5.92 Å². The Morgan fingerprint density at radius 1 is 1.62 bits per heavy atom. The van der Waals surface area contributed by atoms with Gasteiger partial charge in [-0.25, -0.2) is 0 Å². The lowest BCUT2D eigenvalue weighted by Crippen LogP contribution is -2.58. The van der Waals surface area contributed by atoms with Gasteiger partial charge in [0.1, 0.15) is 12.2 Å². The summed E-state index contributed by atoms with van der Waals surface area (Å²) in [7, 11) is 0. The van der Waals surface area contributed by atoms with Crippen LogP contribution in [0.2, 0.25) is 0 Å². The van der Waals surface area contributed by atoms with Gasteiger partial charge in [0, 0.05) is 0 Å². The fraction of sp³-hybridized carbons (Fsp3) is 0.909. The molecule has 16 heavy (non-hydrogen) atoms. The molecular formula is C11H20O5. The first kappa shape index (κ1) is 13.4. The number of carbonyl (C=O) groups is 1. The Labute approximate surface area is 95.0 Å². The molecule has 1 aliphatic heterocycles. The van der Waals surface area contributed by atoms with E-state index in [-0.39, 0.29) is 0 Å². The zero-order valence-corrected chi connectivity index (χ0v) is 10.1. The van der Waals surface area contributed by atoms with Gasteiger partial charge >= 0.3 is 5.97 Å². The second kappa shape index (κ2) is 3.98. The zero-order valence-electron chi connectivity index (χ0n) is 10.1. The Bertz CT molecular complexity index is 288. The van der Waals surface area contributed by atoms with Gasteiger partial charge in [-0.3, -0.25) is 4.79 Å². The maximum absolute atomic E-state index is 11.3. The number of ether oxygens (including phenoxy) is 1. The van der Waals surface area contributed by atoms with E-state index in [1.807, 2.05) is 0 Å². The highest BCUT2D eigenvalue weighted by atomic mass is 16.6. The van der Waals surface area contributed by atoms with Gasteiger partial charge < -0.3 is 20.1 Å². The molecule has 5 heteroatoms. The highest BCUT2D eigenvalue weighted by Crippen LogP contribution is 2.38. The van der Waals surface area contributed by atoms with E-state index in [1.165, 1.54) is 20.8 Å². The van der Waals surface area contributed by atoms with Crippen LogP contribution in [0.5, 0.6) is 0 Å². The van der Waals surface area contributed by atoms with Crippen molar-refractivity contribution in [1.82, 2.24) is 0 Å². The molecule has 0 aromatic rings. The molecule has 0 saturated carbocycles. The first-order chi connectivity index (χ1) is 7.16. The van der Waals surface area contributed by atoms with E-state index in [1.54, 1.807) is 6.92 Å². The minimum atomic E-state index is -1.45. The van der Waals surface area contributed by atoms with Gasteiger partial charge in [0.25, 0.3) is 0 Å². The Kier molecular flexibility index (Phi) is 3.34. The predicted octanol–water partition coefficient (Wildman–Crippen LogP) is -0.179. The van der Waals surface area contributed by atoms with E-state index in [0.717, 1.165) is 0 Å². The summed E-state index contributed by atoms with van der Waals surface area (Å²) in [5.74, 6) is -1.24. The highest BCUT2D eigenvalue weighted by Gasteiger charge is 2.58. The van der Waals surface area contributed by atoms with Gasteiger partial charge in [0.2, 0.25) is 0 Å². The van der Waals surface area contributed by atoms with Crippen molar-refractivity contribution < 1.29 is 24.9 Å². The molecule has 5 atom stereocenters. The smallest absolute Gasteiger partial charge is 0.312 e. The van der Waals surface area contributed by atoms with Crippen molar-refractivity contribution in [2.45, 2.75) is 57.5 Å². The highest BCUT2D eigenvalue weighted by molar-refractivity contribution is 5.76. The van der Waals surface area contributed by atoms with E-state index in [9.17, 15) is 20.1 Å². The molecule has 0 aromatic heterocycles. The van der Waals surface area contributed by atoms with Gasteiger partial charge in [-0.15, -0.1) is 0 Å². The summed E-state index contributed by atoms with van der Waals surface area (Å²) in [6, 6.07) is 0. The van der Waals surface area contributed by atoms with Crippen LogP contribution in [0.25, 0.3) is 0 Å². The summed E-state index contributed by atoms with van der Waals surface area (Å²) >= 11 is 0. The minimum absolute atomic E-state index is 0.294. The number of hydrogen-bond acceptors (Lipinski definition) is 5. The standard InChI is InChI=1S/C11H20O5/c1-5-10(3,15)9(14)11(4)7(12)6(2)8(13)16-11/h6-7,9,12,14-15H,5H2,1-4H3. The fourth-order valence-electron chi connectivity index (χ4n) is 2.02. The van der Waals surface area contributed by atoms with Crippen LogP contribution in [-0.2, 0) is 9.53 Å². The minimum Gasteiger partial charge on any atom is -0.453 e. The first-order valence-electron chi connectivity index (χ1n) is 5.48. The fourth-order valence-corrected chi connectivity index (χ4v) is 2.02. The molecule has 1 rings (SSSR count). The molecule has 1 heterocycles. The average Bonchev–Trinajstić information content (AvgIpc) is 2.43. The van der Waals surface area contributed by atoms with Crippen LogP contribution in [0.4, 0.5) is 0 Å². The Morgan fingerprint density at radius 3 is 2.44 bits per heavy atom. The molecule has 5 unspecified atom stereocenters. The molecule has 1 saturated heterocycles. The number of cyclic esters (lactones) is 1. The molecule has 1 aliphatic rings. The van der Waals surface area contributed by atoms with Crippen LogP contribution in [0.1, 0.15) is 34.1 Å². The average molecular weight is 232 g/mol. The number of aliphatic hydroxyl groups excluding tert-OH is 2. The second-order valence-electron chi connectivity index (χ2n) is 4.95. The van der Waals surface area contributed by atoms with Crippen LogP contribution < -0.4 is 0 Å². The van der Waals surface area contributed by atoms with Crippen LogP contribution >= 0.6 is 0 Å². The van der Waals surface area contributed by atoms with E-state index >= 15 is 0 Å². The molecular weight excluding hydrogens is 212 g/mol. The maximum atomic E-state index is 11.3. The van der Waals surface area contributed by atoms with Crippen molar-refractivity contribution in [3.63, 3.8) is 0 Å². The monoisotopic (exact) mass is 232 g/mol. The molecule has 5 nitrogen and oxygen atoms in total. The lowest BCUT2D eigenvalue weighted by atomic mass is 9.79. The molecule has 0 bridgehead atoms. The molecule has 1 fully saturated rings. The molecule has 0 aliphatic carbocycles. The first-order valence-corrected chi connectivity index (χ1v) is 5.48. The van der Waals surface area contributed by atoms with Crippen molar-refractivity contribution >= 4 is 5.97 Å². The summed E-state index contributed by atoms with van der Waals surface area (Å²) in [5, 5.41) is 29.9. The van der Waals surface area contributed by atoms with Gasteiger partial charge in [-0.1, -0.05) is 6.92 Å². The van der Waals surface area contributed by atoms with E-state index < -0.39 is 35.3 Å². The molecule has 0 spiro atoms. The second-order valence-corrected chi connectivity index (χ2v) is 4.95. The van der Waals surface area contributed by atoms with Crippen molar-refractivity contribution in [3.05, 3.63) is 0 Å². The summed E-state index contributed by atoms with van der Waals surface area (Å²) in [4.78, 5) is 11.3. The summed E-state index contributed by atoms with van der Waals surface area (Å²) in [6.07, 6.45) is -2.15. The van der Waals surface area contributed by atoms with Gasteiger partial charge in [-0.05, 0) is 27.2 Å². The van der Waals surface area contributed by atoms with E-state index in [2.05, 4.69) is 0 Å². The molecule has 94 valence electrons. The Hall–Kier alpha value is -0.650. The SMILES string of the molecule is CCC(C)(O)C(O)C1(C)OC(=O)C(C)C1O. The third-order valence-corrected chi connectivity index (χ3v) is 3.60. The lowest BCUT2D eigenvalue weighted by molar-refractivity contribution is -0.195. The van der Waals surface area contributed by atoms with Crippen LogP contribution in [0.15, 0.2) is 0 Å². The van der Waals surface area contributed by atoms with Crippen molar-refractivity contribution in [2.75, 3.05) is 0 Å².